The molecular formula is C24H25N3OS. The van der Waals surface area contributed by atoms with Crippen LogP contribution in [-0.2, 0) is 24.1 Å². The molecule has 0 N–H and O–H groups in total. The van der Waals surface area contributed by atoms with Gasteiger partial charge < -0.3 is 9.64 Å². The van der Waals surface area contributed by atoms with Crippen LogP contribution in [0.5, 0.6) is 0 Å². The van der Waals surface area contributed by atoms with Gasteiger partial charge in [-0.3, -0.25) is 4.98 Å². The number of pyridine rings is 1. The van der Waals surface area contributed by atoms with Crippen LogP contribution in [0.4, 0.5) is 5.69 Å². The van der Waals surface area contributed by atoms with Crippen molar-refractivity contribution in [1.82, 2.24) is 9.88 Å². The maximum atomic E-state index is 5.22. The van der Waals surface area contributed by atoms with Crippen molar-refractivity contribution in [2.45, 2.75) is 31.8 Å². The minimum atomic E-state index is 0.554. The van der Waals surface area contributed by atoms with Crippen molar-refractivity contribution in [1.29, 1.82) is 0 Å². The Bertz CT molecular complexity index is 1060. The number of fused-ring (bicyclic) bond motifs is 3. The van der Waals surface area contributed by atoms with Gasteiger partial charge in [-0.2, -0.15) is 0 Å². The van der Waals surface area contributed by atoms with Crippen molar-refractivity contribution in [3.63, 3.8) is 0 Å². The predicted molar refractivity (Wildman–Crippen MR) is 121 cm³/mol. The largest absolute Gasteiger partial charge is 0.384 e. The van der Waals surface area contributed by atoms with E-state index in [0.717, 1.165) is 47.1 Å². The van der Waals surface area contributed by atoms with E-state index in [9.17, 15) is 0 Å². The second-order valence-electron chi connectivity index (χ2n) is 7.70. The summed E-state index contributed by atoms with van der Waals surface area (Å²) in [7, 11) is 1.73. The molecule has 148 valence electrons. The molecule has 1 saturated heterocycles. The lowest BCUT2D eigenvalue weighted by Crippen LogP contribution is -2.46. The van der Waals surface area contributed by atoms with E-state index in [2.05, 4.69) is 58.4 Å². The van der Waals surface area contributed by atoms with Gasteiger partial charge in [0.15, 0.2) is 5.17 Å². The van der Waals surface area contributed by atoms with Crippen LogP contribution in [0.15, 0.2) is 59.7 Å². The number of thioether (sulfide) groups is 1. The zero-order valence-corrected chi connectivity index (χ0v) is 17.5. The van der Waals surface area contributed by atoms with Gasteiger partial charge in [0, 0.05) is 54.5 Å². The minimum Gasteiger partial charge on any atom is -0.384 e. The minimum absolute atomic E-state index is 0.554. The molecule has 0 bridgehead atoms. The molecule has 1 atom stereocenters. The highest BCUT2D eigenvalue weighted by atomic mass is 32.2. The van der Waals surface area contributed by atoms with E-state index in [0.29, 0.717) is 12.6 Å². The monoisotopic (exact) mass is 403 g/mol. The molecule has 1 fully saturated rings. The molecule has 2 aliphatic rings. The molecule has 0 aliphatic carbocycles. The van der Waals surface area contributed by atoms with Gasteiger partial charge in [-0.05, 0) is 36.1 Å². The summed E-state index contributed by atoms with van der Waals surface area (Å²) in [6.07, 6.45) is 5.12. The van der Waals surface area contributed by atoms with Gasteiger partial charge >= 0.3 is 0 Å². The highest BCUT2D eigenvalue weighted by Gasteiger charge is 2.31. The van der Waals surface area contributed by atoms with Crippen LogP contribution in [0, 0.1) is 0 Å². The van der Waals surface area contributed by atoms with Crippen molar-refractivity contribution < 1.29 is 4.74 Å². The molecule has 4 nitrogen and oxygen atoms in total. The van der Waals surface area contributed by atoms with Crippen molar-refractivity contribution in [2.24, 2.45) is 4.99 Å². The van der Waals surface area contributed by atoms with Gasteiger partial charge in [0.1, 0.15) is 0 Å². The second-order valence-corrected chi connectivity index (χ2v) is 8.76. The second kappa shape index (κ2) is 8.17. The van der Waals surface area contributed by atoms with Crippen LogP contribution in [0.1, 0.15) is 23.2 Å². The predicted octanol–water partition coefficient (Wildman–Crippen LogP) is 4.98. The van der Waals surface area contributed by atoms with Crippen LogP contribution >= 0.6 is 11.8 Å². The summed E-state index contributed by atoms with van der Waals surface area (Å²) in [5.41, 5.74) is 5.01. The average molecular weight is 404 g/mol. The standard InChI is InChI=1S/C24H25N3OS/c1-28-11-9-20-14-22-18(15-25-20)7-4-8-23(22)26-24-27-16-19-6-3-2-5-17(19)13-21(27)10-12-29-24/h2-8,14-15,21H,9-13,16H2,1H3. The normalized spacial score (nSPS) is 20.0. The number of aliphatic imine (C=N–C) groups is 1. The zero-order valence-electron chi connectivity index (χ0n) is 16.7. The van der Waals surface area contributed by atoms with E-state index in [1.165, 1.54) is 22.9 Å². The summed E-state index contributed by atoms with van der Waals surface area (Å²) in [6, 6.07) is 17.9. The number of hydrogen-bond donors (Lipinski definition) is 0. The quantitative estimate of drug-likeness (QED) is 0.616. The molecular weight excluding hydrogens is 378 g/mol. The first-order chi connectivity index (χ1) is 14.3. The Morgan fingerprint density at radius 2 is 2.07 bits per heavy atom. The van der Waals surface area contributed by atoms with Gasteiger partial charge in [-0.1, -0.05) is 48.2 Å². The average Bonchev–Trinajstić information content (AvgIpc) is 2.77. The number of amidine groups is 1. The summed E-state index contributed by atoms with van der Waals surface area (Å²) < 4.78 is 5.22. The number of benzene rings is 2. The molecule has 0 amide bonds. The lowest BCUT2D eigenvalue weighted by molar-refractivity contribution is 0.201. The Hall–Kier alpha value is -2.37. The Morgan fingerprint density at radius 3 is 2.97 bits per heavy atom. The number of methoxy groups -OCH3 is 1. The van der Waals surface area contributed by atoms with Crippen LogP contribution in [-0.4, -0.2) is 40.6 Å². The van der Waals surface area contributed by atoms with Crippen LogP contribution in [0.25, 0.3) is 10.8 Å². The van der Waals surface area contributed by atoms with E-state index in [1.54, 1.807) is 7.11 Å². The summed E-state index contributed by atoms with van der Waals surface area (Å²) in [5, 5.41) is 3.45. The summed E-state index contributed by atoms with van der Waals surface area (Å²) >= 11 is 1.89. The SMILES string of the molecule is COCCc1cc2c(N=C3SCCC4Cc5ccccc5CN34)cccc2cn1. The van der Waals surface area contributed by atoms with E-state index in [4.69, 9.17) is 9.73 Å². The van der Waals surface area contributed by atoms with E-state index < -0.39 is 0 Å². The fourth-order valence-corrected chi connectivity index (χ4v) is 5.39. The summed E-state index contributed by atoms with van der Waals surface area (Å²) in [4.78, 5) is 12.3. The highest BCUT2D eigenvalue weighted by molar-refractivity contribution is 8.13. The van der Waals surface area contributed by atoms with E-state index in [1.807, 2.05) is 18.0 Å². The molecule has 2 aliphatic heterocycles. The topological polar surface area (TPSA) is 37.7 Å². The number of nitrogens with zero attached hydrogens (tertiary/aromatic N) is 3. The van der Waals surface area contributed by atoms with E-state index >= 15 is 0 Å². The third-order valence-electron chi connectivity index (χ3n) is 5.86. The van der Waals surface area contributed by atoms with Crippen molar-refractivity contribution >= 4 is 33.4 Å². The number of aromatic nitrogens is 1. The smallest absolute Gasteiger partial charge is 0.164 e. The molecule has 5 heteroatoms. The fourth-order valence-electron chi connectivity index (χ4n) is 4.28. The molecule has 3 heterocycles. The Balaban J connectivity index is 1.51. The molecule has 0 saturated carbocycles. The Kier molecular flexibility index (Phi) is 5.25. The first kappa shape index (κ1) is 18.6. The van der Waals surface area contributed by atoms with Crippen molar-refractivity contribution in [3.8, 4) is 0 Å². The van der Waals surface area contributed by atoms with Gasteiger partial charge in [-0.15, -0.1) is 0 Å². The Labute approximate surface area is 176 Å². The van der Waals surface area contributed by atoms with E-state index in [-0.39, 0.29) is 0 Å². The Morgan fingerprint density at radius 1 is 1.17 bits per heavy atom. The van der Waals surface area contributed by atoms with Crippen LogP contribution < -0.4 is 0 Å². The van der Waals surface area contributed by atoms with Gasteiger partial charge in [0.2, 0.25) is 0 Å². The lowest BCUT2D eigenvalue weighted by Gasteiger charge is -2.41. The third-order valence-corrected chi connectivity index (χ3v) is 6.88. The first-order valence-corrected chi connectivity index (χ1v) is 11.2. The molecule has 5 rings (SSSR count). The van der Waals surface area contributed by atoms with Crippen LogP contribution in [0.2, 0.25) is 0 Å². The fraction of sp³-hybridized carbons (Fsp3) is 0.333. The molecule has 0 spiro atoms. The van der Waals surface area contributed by atoms with Gasteiger partial charge in [-0.25, -0.2) is 4.99 Å². The summed E-state index contributed by atoms with van der Waals surface area (Å²) in [6.45, 7) is 1.64. The molecule has 2 aromatic carbocycles. The van der Waals surface area contributed by atoms with Crippen molar-refractivity contribution in [3.05, 3.63) is 71.5 Å². The summed E-state index contributed by atoms with van der Waals surface area (Å²) in [5.74, 6) is 1.13. The molecule has 1 unspecified atom stereocenters. The molecule has 29 heavy (non-hydrogen) atoms. The molecule has 1 aromatic heterocycles. The van der Waals surface area contributed by atoms with Crippen LogP contribution in [0.3, 0.4) is 0 Å². The van der Waals surface area contributed by atoms with Crippen molar-refractivity contribution in [2.75, 3.05) is 19.5 Å². The highest BCUT2D eigenvalue weighted by Crippen LogP contribution is 2.35. The third kappa shape index (κ3) is 3.77. The zero-order chi connectivity index (χ0) is 19.6. The maximum Gasteiger partial charge on any atom is 0.164 e. The maximum absolute atomic E-state index is 5.22. The first-order valence-electron chi connectivity index (χ1n) is 10.2. The molecule has 3 aromatic rings. The molecule has 0 radical (unpaired) electrons. The number of ether oxygens (including phenoxy) is 1. The lowest BCUT2D eigenvalue weighted by atomic mass is 9.93. The van der Waals surface area contributed by atoms with Gasteiger partial charge in [0.25, 0.3) is 0 Å². The van der Waals surface area contributed by atoms with Gasteiger partial charge in [0.05, 0.1) is 12.3 Å². The number of rotatable bonds is 4. The number of hydrogen-bond acceptors (Lipinski definition) is 4.